The summed E-state index contributed by atoms with van der Waals surface area (Å²) in [5, 5.41) is 5.33. The Kier molecular flexibility index (Phi) is 4.92. The summed E-state index contributed by atoms with van der Waals surface area (Å²) >= 11 is 4.85. The summed E-state index contributed by atoms with van der Waals surface area (Å²) in [6.45, 7) is 0. The Morgan fingerprint density at radius 1 is 1.25 bits per heavy atom. The van der Waals surface area contributed by atoms with E-state index in [4.69, 9.17) is 0 Å². The number of amides is 1. The van der Waals surface area contributed by atoms with Crippen molar-refractivity contribution in [3.63, 3.8) is 0 Å². The van der Waals surface area contributed by atoms with Crippen molar-refractivity contribution in [2.24, 2.45) is 0 Å². The molecule has 2 aromatic heterocycles. The number of carbonyl (C=O) groups excluding carboxylic acids is 1. The molecule has 0 unspecified atom stereocenters. The molecule has 0 bridgehead atoms. The number of hydrogen-bond donors (Lipinski definition) is 1. The Bertz CT molecular complexity index is 878. The van der Waals surface area contributed by atoms with Gasteiger partial charge in [0.25, 0.3) is 5.91 Å². The standard InChI is InChI=1S/C17H15BrN4OS/c1-22(2)15-9-12(6-7-19-15)16(23)21-17-20-14(10-24-17)11-4-3-5-13(18)8-11/h3-10H,1-2H3,(H,20,21,23). The maximum Gasteiger partial charge on any atom is 0.257 e. The maximum absolute atomic E-state index is 12.4. The average Bonchev–Trinajstić information content (AvgIpc) is 3.03. The van der Waals surface area contributed by atoms with Crippen molar-refractivity contribution in [1.29, 1.82) is 0 Å². The lowest BCUT2D eigenvalue weighted by atomic mass is 10.2. The van der Waals surface area contributed by atoms with Crippen LogP contribution in [0.25, 0.3) is 11.3 Å². The molecule has 122 valence electrons. The predicted molar refractivity (Wildman–Crippen MR) is 102 cm³/mol. The molecule has 7 heteroatoms. The van der Waals surface area contributed by atoms with E-state index in [-0.39, 0.29) is 5.91 Å². The molecule has 0 atom stereocenters. The fraction of sp³-hybridized carbons (Fsp3) is 0.118. The Hall–Kier alpha value is -2.25. The number of pyridine rings is 1. The lowest BCUT2D eigenvalue weighted by Crippen LogP contribution is -2.15. The van der Waals surface area contributed by atoms with Gasteiger partial charge in [0.15, 0.2) is 5.13 Å². The monoisotopic (exact) mass is 402 g/mol. The highest BCUT2D eigenvalue weighted by molar-refractivity contribution is 9.10. The first-order valence-corrected chi connectivity index (χ1v) is 8.86. The van der Waals surface area contributed by atoms with Gasteiger partial charge in [-0.2, -0.15) is 0 Å². The predicted octanol–water partition coefficient (Wildman–Crippen LogP) is 4.29. The molecule has 0 fully saturated rings. The van der Waals surface area contributed by atoms with Gasteiger partial charge < -0.3 is 4.90 Å². The quantitative estimate of drug-likeness (QED) is 0.706. The summed E-state index contributed by atoms with van der Waals surface area (Å²) in [5.41, 5.74) is 2.38. The van der Waals surface area contributed by atoms with Gasteiger partial charge in [-0.15, -0.1) is 11.3 Å². The number of halogens is 1. The van der Waals surface area contributed by atoms with Crippen molar-refractivity contribution in [2.75, 3.05) is 24.3 Å². The highest BCUT2D eigenvalue weighted by atomic mass is 79.9. The molecule has 0 saturated carbocycles. The molecule has 24 heavy (non-hydrogen) atoms. The van der Waals surface area contributed by atoms with Crippen LogP contribution < -0.4 is 10.2 Å². The average molecular weight is 403 g/mol. The fourth-order valence-electron chi connectivity index (χ4n) is 2.09. The first kappa shape index (κ1) is 16.6. The second kappa shape index (κ2) is 7.11. The third-order valence-electron chi connectivity index (χ3n) is 3.31. The van der Waals surface area contributed by atoms with Gasteiger partial charge in [-0.05, 0) is 24.3 Å². The van der Waals surface area contributed by atoms with Gasteiger partial charge in [-0.25, -0.2) is 9.97 Å². The van der Waals surface area contributed by atoms with E-state index in [1.54, 1.807) is 18.3 Å². The Balaban J connectivity index is 1.77. The molecule has 5 nitrogen and oxygen atoms in total. The van der Waals surface area contributed by atoms with Crippen LogP contribution in [0.1, 0.15) is 10.4 Å². The molecule has 0 aliphatic rings. The third-order valence-corrected chi connectivity index (χ3v) is 4.56. The van der Waals surface area contributed by atoms with Gasteiger partial charge in [0.1, 0.15) is 5.82 Å². The Labute approximate surface area is 152 Å². The van der Waals surface area contributed by atoms with Crippen LogP contribution in [0, 0.1) is 0 Å². The van der Waals surface area contributed by atoms with Gasteiger partial charge in [0, 0.05) is 41.3 Å². The summed E-state index contributed by atoms with van der Waals surface area (Å²) in [4.78, 5) is 22.9. The number of benzene rings is 1. The van der Waals surface area contributed by atoms with Crippen LogP contribution >= 0.6 is 27.3 Å². The van der Waals surface area contributed by atoms with Crippen molar-refractivity contribution in [3.8, 4) is 11.3 Å². The molecule has 3 rings (SSSR count). The molecule has 0 aliphatic carbocycles. The van der Waals surface area contributed by atoms with E-state index in [1.807, 2.05) is 48.6 Å². The zero-order valence-electron chi connectivity index (χ0n) is 13.2. The molecular formula is C17H15BrN4OS. The van der Waals surface area contributed by atoms with Crippen LogP contribution in [0.5, 0.6) is 0 Å². The van der Waals surface area contributed by atoms with E-state index in [0.717, 1.165) is 21.5 Å². The number of rotatable bonds is 4. The highest BCUT2D eigenvalue weighted by Gasteiger charge is 2.11. The van der Waals surface area contributed by atoms with E-state index < -0.39 is 0 Å². The van der Waals surface area contributed by atoms with Crippen LogP contribution in [0.15, 0.2) is 52.4 Å². The third kappa shape index (κ3) is 3.80. The fourth-order valence-corrected chi connectivity index (χ4v) is 3.20. The van der Waals surface area contributed by atoms with E-state index in [2.05, 4.69) is 31.2 Å². The van der Waals surface area contributed by atoms with Crippen LogP contribution in [-0.4, -0.2) is 30.0 Å². The number of nitrogens with zero attached hydrogens (tertiary/aromatic N) is 3. The van der Waals surface area contributed by atoms with Crippen molar-refractivity contribution in [3.05, 3.63) is 58.0 Å². The minimum atomic E-state index is -0.198. The number of aromatic nitrogens is 2. The highest BCUT2D eigenvalue weighted by Crippen LogP contribution is 2.27. The summed E-state index contributed by atoms with van der Waals surface area (Å²) in [6.07, 6.45) is 1.62. The van der Waals surface area contributed by atoms with Gasteiger partial charge in [0.05, 0.1) is 5.69 Å². The Morgan fingerprint density at radius 3 is 2.83 bits per heavy atom. The summed E-state index contributed by atoms with van der Waals surface area (Å²) in [7, 11) is 3.77. The number of carbonyl (C=O) groups is 1. The van der Waals surface area contributed by atoms with Crippen molar-refractivity contribution in [2.45, 2.75) is 0 Å². The normalized spacial score (nSPS) is 10.5. The molecular weight excluding hydrogens is 388 g/mol. The van der Waals surface area contributed by atoms with E-state index in [0.29, 0.717) is 10.7 Å². The van der Waals surface area contributed by atoms with Gasteiger partial charge in [-0.3, -0.25) is 10.1 Å². The second-order valence-electron chi connectivity index (χ2n) is 5.30. The van der Waals surface area contributed by atoms with Gasteiger partial charge in [-0.1, -0.05) is 28.1 Å². The van der Waals surface area contributed by atoms with Crippen LogP contribution in [-0.2, 0) is 0 Å². The number of nitrogens with one attached hydrogen (secondary N) is 1. The minimum absolute atomic E-state index is 0.198. The molecule has 1 N–H and O–H groups in total. The molecule has 2 heterocycles. The summed E-state index contributed by atoms with van der Waals surface area (Å²) in [6, 6.07) is 11.3. The lowest BCUT2D eigenvalue weighted by Gasteiger charge is -2.11. The minimum Gasteiger partial charge on any atom is -0.363 e. The van der Waals surface area contributed by atoms with E-state index >= 15 is 0 Å². The SMILES string of the molecule is CN(C)c1cc(C(=O)Nc2nc(-c3cccc(Br)c3)cs2)ccn1. The van der Waals surface area contributed by atoms with Crippen LogP contribution in [0.4, 0.5) is 10.9 Å². The van der Waals surface area contributed by atoms with Gasteiger partial charge >= 0.3 is 0 Å². The van der Waals surface area contributed by atoms with Crippen LogP contribution in [0.3, 0.4) is 0 Å². The van der Waals surface area contributed by atoms with Crippen LogP contribution in [0.2, 0.25) is 0 Å². The first-order valence-electron chi connectivity index (χ1n) is 7.19. The largest absolute Gasteiger partial charge is 0.363 e. The summed E-state index contributed by atoms with van der Waals surface area (Å²) < 4.78 is 0.992. The molecule has 0 saturated heterocycles. The first-order chi connectivity index (χ1) is 11.5. The van der Waals surface area contributed by atoms with Crippen molar-refractivity contribution in [1.82, 2.24) is 9.97 Å². The van der Waals surface area contributed by atoms with Crippen molar-refractivity contribution >= 4 is 44.1 Å². The lowest BCUT2D eigenvalue weighted by molar-refractivity contribution is 0.102. The molecule has 0 aliphatic heterocycles. The number of thiazole rings is 1. The molecule has 1 amide bonds. The topological polar surface area (TPSA) is 58.1 Å². The zero-order chi connectivity index (χ0) is 17.1. The molecule has 1 aromatic carbocycles. The number of anilines is 2. The number of hydrogen-bond acceptors (Lipinski definition) is 5. The molecule has 0 spiro atoms. The molecule has 3 aromatic rings. The van der Waals surface area contributed by atoms with E-state index in [1.165, 1.54) is 11.3 Å². The van der Waals surface area contributed by atoms with E-state index in [9.17, 15) is 4.79 Å². The zero-order valence-corrected chi connectivity index (χ0v) is 15.6. The van der Waals surface area contributed by atoms with Gasteiger partial charge in [0.2, 0.25) is 0 Å². The maximum atomic E-state index is 12.4. The second-order valence-corrected chi connectivity index (χ2v) is 7.07. The van der Waals surface area contributed by atoms with Crippen molar-refractivity contribution < 1.29 is 4.79 Å². The Morgan fingerprint density at radius 2 is 2.08 bits per heavy atom. The smallest absolute Gasteiger partial charge is 0.257 e. The summed E-state index contributed by atoms with van der Waals surface area (Å²) in [5.74, 6) is 0.534. The molecule has 0 radical (unpaired) electrons.